The summed E-state index contributed by atoms with van der Waals surface area (Å²) >= 11 is 0. The van der Waals surface area contributed by atoms with Gasteiger partial charge in [-0.2, -0.15) is 0 Å². The number of fused-ring (bicyclic) bond motifs is 2. The van der Waals surface area contributed by atoms with Gasteiger partial charge in [0.1, 0.15) is 5.52 Å². The first-order valence-electron chi connectivity index (χ1n) is 18.3. The highest BCUT2D eigenvalue weighted by atomic mass is 16.3. The Kier molecular flexibility index (Phi) is 8.08. The zero-order valence-electron chi connectivity index (χ0n) is 29.7. The third-order valence-electron chi connectivity index (χ3n) is 9.98. The summed E-state index contributed by atoms with van der Waals surface area (Å²) in [6.07, 6.45) is 0. The summed E-state index contributed by atoms with van der Waals surface area (Å²) in [6.45, 7) is 0. The van der Waals surface area contributed by atoms with Crippen molar-refractivity contribution in [2.45, 2.75) is 0 Å². The second kappa shape index (κ2) is 13.8. The van der Waals surface area contributed by atoms with Crippen molar-refractivity contribution in [1.29, 1.82) is 0 Å². The summed E-state index contributed by atoms with van der Waals surface area (Å²) in [7, 11) is 0. The molecule has 0 aliphatic carbocycles. The van der Waals surface area contributed by atoms with Crippen LogP contribution in [-0.2, 0) is 0 Å². The van der Waals surface area contributed by atoms with E-state index in [9.17, 15) is 0 Å². The van der Waals surface area contributed by atoms with Gasteiger partial charge in [-0.25, -0.2) is 19.9 Å². The molecule has 0 unspecified atom stereocenters. The summed E-state index contributed by atoms with van der Waals surface area (Å²) in [6, 6.07) is 66.7. The van der Waals surface area contributed by atoms with Crippen molar-refractivity contribution >= 4 is 21.9 Å². The van der Waals surface area contributed by atoms with E-state index < -0.39 is 0 Å². The van der Waals surface area contributed by atoms with Crippen LogP contribution in [0.1, 0.15) is 0 Å². The number of benzene rings is 8. The van der Waals surface area contributed by atoms with E-state index in [1.165, 1.54) is 16.3 Å². The van der Waals surface area contributed by atoms with Gasteiger partial charge in [-0.15, -0.1) is 0 Å². The van der Waals surface area contributed by atoms with E-state index in [1.54, 1.807) is 0 Å². The zero-order chi connectivity index (χ0) is 36.6. The molecule has 5 nitrogen and oxygen atoms in total. The summed E-state index contributed by atoms with van der Waals surface area (Å²) in [5.41, 5.74) is 12.1. The third-order valence-corrected chi connectivity index (χ3v) is 9.98. The van der Waals surface area contributed by atoms with Gasteiger partial charge in [0.2, 0.25) is 5.89 Å². The van der Waals surface area contributed by atoms with Gasteiger partial charge in [-0.1, -0.05) is 164 Å². The van der Waals surface area contributed by atoms with Crippen molar-refractivity contribution in [3.8, 4) is 79.0 Å². The topological polar surface area (TPSA) is 64.7 Å². The Bertz CT molecular complexity index is 2900. The number of hydrogen-bond donors (Lipinski definition) is 0. The highest BCUT2D eigenvalue weighted by Crippen LogP contribution is 2.40. The average Bonchev–Trinajstić information content (AvgIpc) is 3.71. The van der Waals surface area contributed by atoms with Crippen molar-refractivity contribution < 1.29 is 4.42 Å². The maximum atomic E-state index is 6.08. The Morgan fingerprint density at radius 3 is 1.56 bits per heavy atom. The largest absolute Gasteiger partial charge is 0.436 e. The fourth-order valence-corrected chi connectivity index (χ4v) is 7.23. The van der Waals surface area contributed by atoms with Crippen LogP contribution in [0.4, 0.5) is 0 Å². The summed E-state index contributed by atoms with van der Waals surface area (Å²) in [5, 5.41) is 2.37. The molecule has 0 bridgehead atoms. The van der Waals surface area contributed by atoms with Crippen LogP contribution in [0, 0.1) is 0 Å². The van der Waals surface area contributed by atoms with E-state index in [1.807, 2.05) is 97.1 Å². The highest BCUT2D eigenvalue weighted by molar-refractivity contribution is 6.04. The van der Waals surface area contributed by atoms with Gasteiger partial charge in [-0.3, -0.25) is 0 Å². The molecule has 2 aromatic heterocycles. The van der Waals surface area contributed by atoms with Crippen LogP contribution < -0.4 is 0 Å². The van der Waals surface area contributed by atoms with E-state index in [2.05, 4.69) is 97.1 Å². The normalized spacial score (nSPS) is 11.3. The molecule has 5 heteroatoms. The molecule has 0 fully saturated rings. The van der Waals surface area contributed by atoms with Crippen molar-refractivity contribution in [2.24, 2.45) is 0 Å². The lowest BCUT2D eigenvalue weighted by atomic mass is 9.88. The molecule has 0 saturated carbocycles. The third kappa shape index (κ3) is 6.24. The number of oxazole rings is 1. The van der Waals surface area contributed by atoms with Gasteiger partial charge in [0, 0.05) is 22.3 Å². The quantitative estimate of drug-likeness (QED) is 0.165. The lowest BCUT2D eigenvalue weighted by molar-refractivity contribution is 0.620. The minimum Gasteiger partial charge on any atom is -0.436 e. The molecule has 8 aromatic carbocycles. The van der Waals surface area contributed by atoms with Crippen LogP contribution >= 0.6 is 0 Å². The number of nitrogens with zero attached hydrogens (tertiary/aromatic N) is 4. The molecule has 258 valence electrons. The number of rotatable bonds is 7. The van der Waals surface area contributed by atoms with Crippen molar-refractivity contribution in [3.63, 3.8) is 0 Å². The molecule has 0 aliphatic rings. The van der Waals surface area contributed by atoms with Gasteiger partial charge in [0.05, 0.1) is 0 Å². The minimum absolute atomic E-state index is 0.624. The van der Waals surface area contributed by atoms with Crippen molar-refractivity contribution in [1.82, 2.24) is 19.9 Å². The van der Waals surface area contributed by atoms with Gasteiger partial charge in [0.15, 0.2) is 23.1 Å². The molecule has 0 N–H and O–H groups in total. The molecule has 0 aliphatic heterocycles. The minimum atomic E-state index is 0.624. The van der Waals surface area contributed by atoms with Crippen LogP contribution in [0.25, 0.3) is 101 Å². The maximum absolute atomic E-state index is 6.08. The molecule has 0 spiro atoms. The van der Waals surface area contributed by atoms with Crippen molar-refractivity contribution in [3.05, 3.63) is 194 Å². The molecule has 10 aromatic rings. The van der Waals surface area contributed by atoms with Crippen molar-refractivity contribution in [2.75, 3.05) is 0 Å². The first-order valence-corrected chi connectivity index (χ1v) is 18.3. The Morgan fingerprint density at radius 1 is 0.327 bits per heavy atom. The van der Waals surface area contributed by atoms with E-state index in [0.29, 0.717) is 23.4 Å². The van der Waals surface area contributed by atoms with E-state index in [-0.39, 0.29) is 0 Å². The molecule has 10 rings (SSSR count). The van der Waals surface area contributed by atoms with E-state index in [0.717, 1.165) is 61.2 Å². The van der Waals surface area contributed by atoms with Gasteiger partial charge >= 0.3 is 0 Å². The van der Waals surface area contributed by atoms with Crippen LogP contribution in [0.5, 0.6) is 0 Å². The first kappa shape index (κ1) is 32.2. The monoisotopic (exact) mass is 704 g/mol. The molecular formula is C50H32N4O. The fraction of sp³-hybridized carbons (Fsp3) is 0. The van der Waals surface area contributed by atoms with E-state index >= 15 is 0 Å². The maximum Gasteiger partial charge on any atom is 0.227 e. The molecule has 0 saturated heterocycles. The standard InChI is InChI=1S/C50H32N4O/c1-4-14-36(15-5-1)47-52-48(37-16-6-2-7-17-37)54-49(53-47)41-21-12-20-40(31-41)43-29-27-34-13-10-11-22-42(34)46(43)35-25-23-33(24-26-35)39-28-30-45-44(32-39)51-50(55-45)38-18-8-3-9-19-38/h1-32H. The first-order chi connectivity index (χ1) is 27.2. The lowest BCUT2D eigenvalue weighted by Gasteiger charge is -2.16. The van der Waals surface area contributed by atoms with Gasteiger partial charge in [0.25, 0.3) is 0 Å². The molecule has 2 heterocycles. The second-order valence-electron chi connectivity index (χ2n) is 13.5. The lowest BCUT2D eigenvalue weighted by Crippen LogP contribution is -2.00. The average molecular weight is 705 g/mol. The molecule has 55 heavy (non-hydrogen) atoms. The number of hydrogen-bond acceptors (Lipinski definition) is 5. The van der Waals surface area contributed by atoms with Crippen LogP contribution in [0.3, 0.4) is 0 Å². The molecule has 0 atom stereocenters. The smallest absolute Gasteiger partial charge is 0.227 e. The van der Waals surface area contributed by atoms with Gasteiger partial charge in [-0.05, 0) is 74.5 Å². The Labute approximate surface area is 318 Å². The Balaban J connectivity index is 1.05. The SMILES string of the molecule is c1ccc(-c2nc(-c3ccccc3)nc(-c3cccc(-c4ccc5ccccc5c4-c4ccc(-c5ccc6oc(-c7ccccc7)nc6c5)cc4)c3)n2)cc1. The summed E-state index contributed by atoms with van der Waals surface area (Å²) in [5.74, 6) is 2.53. The fourth-order valence-electron chi connectivity index (χ4n) is 7.23. The second-order valence-corrected chi connectivity index (χ2v) is 13.5. The van der Waals surface area contributed by atoms with Crippen LogP contribution in [0.15, 0.2) is 199 Å². The molecule has 0 radical (unpaired) electrons. The van der Waals surface area contributed by atoms with Crippen LogP contribution in [-0.4, -0.2) is 19.9 Å². The summed E-state index contributed by atoms with van der Waals surface area (Å²) in [4.78, 5) is 19.7. The molecular weight excluding hydrogens is 673 g/mol. The Hall–Kier alpha value is -7.50. The van der Waals surface area contributed by atoms with E-state index in [4.69, 9.17) is 24.4 Å². The highest BCUT2D eigenvalue weighted by Gasteiger charge is 2.16. The van der Waals surface area contributed by atoms with Gasteiger partial charge < -0.3 is 4.42 Å². The predicted molar refractivity (Wildman–Crippen MR) is 223 cm³/mol. The Morgan fingerprint density at radius 2 is 0.873 bits per heavy atom. The zero-order valence-corrected chi connectivity index (χ0v) is 29.7. The van der Waals surface area contributed by atoms with Crippen LogP contribution in [0.2, 0.25) is 0 Å². The number of aromatic nitrogens is 4. The predicted octanol–water partition coefficient (Wildman–Crippen LogP) is 12.8. The molecule has 0 amide bonds. The summed E-state index contributed by atoms with van der Waals surface area (Å²) < 4.78 is 6.08.